The number of nitrogens with zero attached hydrogens (tertiary/aromatic N) is 3. The van der Waals surface area contributed by atoms with Crippen LogP contribution in [0, 0.1) is 6.92 Å². The number of carbonyl (C=O) groups excluding carboxylic acids is 1. The zero-order valence-electron chi connectivity index (χ0n) is 12.7. The minimum atomic E-state index is -1.05. The number of hydrogen-bond acceptors (Lipinski definition) is 4. The van der Waals surface area contributed by atoms with Crippen molar-refractivity contribution in [3.05, 3.63) is 47.8 Å². The van der Waals surface area contributed by atoms with Crippen molar-refractivity contribution in [1.82, 2.24) is 14.7 Å². The van der Waals surface area contributed by atoms with Gasteiger partial charge in [0, 0.05) is 18.3 Å². The van der Waals surface area contributed by atoms with Crippen molar-refractivity contribution >= 4 is 11.9 Å². The number of morpholine rings is 1. The van der Waals surface area contributed by atoms with E-state index in [1.807, 2.05) is 25.3 Å². The van der Waals surface area contributed by atoms with Gasteiger partial charge in [0.2, 0.25) is 0 Å². The number of carbonyl (C=O) groups is 2. The Bertz CT molecular complexity index is 723. The molecule has 1 atom stereocenters. The molecular weight excluding hydrogens is 298 g/mol. The molecule has 7 nitrogen and oxygen atoms in total. The summed E-state index contributed by atoms with van der Waals surface area (Å²) in [6.45, 7) is 2.64. The van der Waals surface area contributed by atoms with E-state index in [0.717, 1.165) is 11.3 Å². The third kappa shape index (κ3) is 3.24. The van der Waals surface area contributed by atoms with Crippen LogP contribution < -0.4 is 0 Å². The molecule has 23 heavy (non-hydrogen) atoms. The van der Waals surface area contributed by atoms with Crippen molar-refractivity contribution in [2.45, 2.75) is 13.0 Å². The molecule has 0 spiro atoms. The Morgan fingerprint density at radius 3 is 2.65 bits per heavy atom. The van der Waals surface area contributed by atoms with E-state index in [0.29, 0.717) is 12.1 Å². The molecule has 7 heteroatoms. The van der Waals surface area contributed by atoms with Crippen LogP contribution >= 0.6 is 0 Å². The largest absolute Gasteiger partial charge is 0.479 e. The van der Waals surface area contributed by atoms with Crippen LogP contribution in [0.5, 0.6) is 0 Å². The van der Waals surface area contributed by atoms with E-state index in [4.69, 9.17) is 9.84 Å². The molecule has 1 amide bonds. The molecule has 1 saturated heterocycles. The van der Waals surface area contributed by atoms with Crippen LogP contribution in [0.2, 0.25) is 0 Å². The number of benzene rings is 1. The summed E-state index contributed by atoms with van der Waals surface area (Å²) in [4.78, 5) is 25.0. The van der Waals surface area contributed by atoms with Crippen LogP contribution in [-0.2, 0) is 9.53 Å². The summed E-state index contributed by atoms with van der Waals surface area (Å²) in [6.07, 6.45) is 2.70. The first-order chi connectivity index (χ1) is 11.0. The number of aliphatic carboxylic acids is 1. The first kappa shape index (κ1) is 15.2. The van der Waals surface area contributed by atoms with Crippen LogP contribution in [0.1, 0.15) is 15.9 Å². The Kier molecular flexibility index (Phi) is 4.12. The van der Waals surface area contributed by atoms with Gasteiger partial charge in [-0.25, -0.2) is 9.48 Å². The second-order valence-electron chi connectivity index (χ2n) is 5.46. The fraction of sp³-hybridized carbons (Fsp3) is 0.312. The third-order valence-corrected chi connectivity index (χ3v) is 3.72. The number of carboxylic acid groups (broad SMARTS) is 1. The fourth-order valence-electron chi connectivity index (χ4n) is 2.48. The molecule has 2 aromatic rings. The number of aryl methyl sites for hydroxylation is 1. The highest BCUT2D eigenvalue weighted by molar-refractivity contribution is 5.94. The SMILES string of the molecule is Cc1cnn(-c2ccc(C(=O)N3CCOC(C(=O)O)C3)cc2)c1. The van der Waals surface area contributed by atoms with E-state index in [2.05, 4.69) is 5.10 Å². The van der Waals surface area contributed by atoms with Crippen molar-refractivity contribution in [3.8, 4) is 5.69 Å². The van der Waals surface area contributed by atoms with E-state index in [9.17, 15) is 9.59 Å². The number of rotatable bonds is 3. The van der Waals surface area contributed by atoms with Gasteiger partial charge in [-0.15, -0.1) is 0 Å². The van der Waals surface area contributed by atoms with Crippen LogP contribution in [0.3, 0.4) is 0 Å². The normalized spacial score (nSPS) is 18.0. The quantitative estimate of drug-likeness (QED) is 0.917. The lowest BCUT2D eigenvalue weighted by atomic mass is 10.1. The van der Waals surface area contributed by atoms with Gasteiger partial charge in [-0.05, 0) is 36.8 Å². The molecule has 1 fully saturated rings. The van der Waals surface area contributed by atoms with E-state index < -0.39 is 12.1 Å². The smallest absolute Gasteiger partial charge is 0.334 e. The molecule has 0 radical (unpaired) electrons. The summed E-state index contributed by atoms with van der Waals surface area (Å²) in [5.41, 5.74) is 2.43. The number of carboxylic acids is 1. The summed E-state index contributed by atoms with van der Waals surface area (Å²) in [5, 5.41) is 13.2. The summed E-state index contributed by atoms with van der Waals surface area (Å²) in [6, 6.07) is 7.07. The molecule has 1 aromatic heterocycles. The minimum Gasteiger partial charge on any atom is -0.479 e. The van der Waals surface area contributed by atoms with Gasteiger partial charge in [0.15, 0.2) is 6.10 Å². The van der Waals surface area contributed by atoms with Crippen molar-refractivity contribution in [1.29, 1.82) is 0 Å². The van der Waals surface area contributed by atoms with Crippen molar-refractivity contribution in [2.75, 3.05) is 19.7 Å². The first-order valence-corrected chi connectivity index (χ1v) is 7.30. The topological polar surface area (TPSA) is 84.7 Å². The molecule has 1 aliphatic rings. The molecule has 3 rings (SSSR count). The maximum atomic E-state index is 12.5. The van der Waals surface area contributed by atoms with Gasteiger partial charge in [0.1, 0.15) is 0 Å². The Morgan fingerprint density at radius 2 is 2.04 bits per heavy atom. The summed E-state index contributed by atoms with van der Waals surface area (Å²) in [7, 11) is 0. The molecule has 0 bridgehead atoms. The molecule has 2 heterocycles. The van der Waals surface area contributed by atoms with E-state index in [1.54, 1.807) is 23.0 Å². The van der Waals surface area contributed by atoms with Gasteiger partial charge < -0.3 is 14.7 Å². The van der Waals surface area contributed by atoms with Gasteiger partial charge >= 0.3 is 5.97 Å². The minimum absolute atomic E-state index is 0.0638. The van der Waals surface area contributed by atoms with Crippen LogP contribution in [0.15, 0.2) is 36.7 Å². The first-order valence-electron chi connectivity index (χ1n) is 7.30. The average Bonchev–Trinajstić information content (AvgIpc) is 3.01. The lowest BCUT2D eigenvalue weighted by Gasteiger charge is -2.30. The predicted octanol–water partition coefficient (Wildman–Crippen LogP) is 1.11. The Balaban J connectivity index is 1.74. The van der Waals surface area contributed by atoms with Gasteiger partial charge in [-0.2, -0.15) is 5.10 Å². The molecular formula is C16H17N3O4. The molecule has 120 valence electrons. The lowest BCUT2D eigenvalue weighted by Crippen LogP contribution is -2.48. The third-order valence-electron chi connectivity index (χ3n) is 3.72. The van der Waals surface area contributed by atoms with E-state index in [1.165, 1.54) is 4.90 Å². The Hall–Kier alpha value is -2.67. The second-order valence-corrected chi connectivity index (χ2v) is 5.46. The lowest BCUT2D eigenvalue weighted by molar-refractivity contribution is -0.154. The van der Waals surface area contributed by atoms with Crippen molar-refractivity contribution in [2.24, 2.45) is 0 Å². The zero-order valence-corrected chi connectivity index (χ0v) is 12.7. The van der Waals surface area contributed by atoms with Crippen LogP contribution in [-0.4, -0.2) is 57.5 Å². The van der Waals surface area contributed by atoms with Gasteiger partial charge in [-0.1, -0.05) is 0 Å². The number of ether oxygens (including phenoxy) is 1. The van der Waals surface area contributed by atoms with Crippen LogP contribution in [0.25, 0.3) is 5.69 Å². The number of amides is 1. The molecule has 1 aliphatic heterocycles. The number of hydrogen-bond donors (Lipinski definition) is 1. The van der Waals surface area contributed by atoms with Crippen LogP contribution in [0.4, 0.5) is 0 Å². The molecule has 1 aromatic carbocycles. The molecule has 0 aliphatic carbocycles. The summed E-state index contributed by atoms with van der Waals surface area (Å²) >= 11 is 0. The fourth-order valence-corrected chi connectivity index (χ4v) is 2.48. The van der Waals surface area contributed by atoms with Gasteiger partial charge in [-0.3, -0.25) is 4.79 Å². The van der Waals surface area contributed by atoms with E-state index in [-0.39, 0.29) is 19.1 Å². The Labute approximate surface area is 133 Å². The van der Waals surface area contributed by atoms with Gasteiger partial charge in [0.05, 0.1) is 25.0 Å². The monoisotopic (exact) mass is 315 g/mol. The maximum Gasteiger partial charge on any atom is 0.334 e. The second kappa shape index (κ2) is 6.21. The zero-order chi connectivity index (χ0) is 16.4. The van der Waals surface area contributed by atoms with Gasteiger partial charge in [0.25, 0.3) is 5.91 Å². The highest BCUT2D eigenvalue weighted by Crippen LogP contribution is 2.14. The summed E-state index contributed by atoms with van der Waals surface area (Å²) in [5.74, 6) is -1.24. The average molecular weight is 315 g/mol. The summed E-state index contributed by atoms with van der Waals surface area (Å²) < 4.78 is 6.86. The highest BCUT2D eigenvalue weighted by atomic mass is 16.5. The van der Waals surface area contributed by atoms with Crippen molar-refractivity contribution in [3.63, 3.8) is 0 Å². The highest BCUT2D eigenvalue weighted by Gasteiger charge is 2.29. The molecule has 1 N–H and O–H groups in total. The molecule has 1 unspecified atom stereocenters. The Morgan fingerprint density at radius 1 is 1.30 bits per heavy atom. The predicted molar refractivity (Wildman–Crippen MR) is 81.6 cm³/mol. The van der Waals surface area contributed by atoms with Crippen molar-refractivity contribution < 1.29 is 19.4 Å². The number of aromatic nitrogens is 2. The van der Waals surface area contributed by atoms with E-state index >= 15 is 0 Å². The molecule has 0 saturated carbocycles. The standard InChI is InChI=1S/C16H17N3O4/c1-11-8-17-19(9-11)13-4-2-12(3-5-13)15(20)18-6-7-23-14(10-18)16(21)22/h2-5,8-9,14H,6-7,10H2,1H3,(H,21,22). The maximum absolute atomic E-state index is 12.5.